The minimum absolute atomic E-state index is 0.288. The summed E-state index contributed by atoms with van der Waals surface area (Å²) in [6.07, 6.45) is 0. The second kappa shape index (κ2) is 8.80. The average Bonchev–Trinajstić information content (AvgIpc) is 2.68. The van der Waals surface area contributed by atoms with Crippen LogP contribution >= 0.6 is 11.6 Å². The summed E-state index contributed by atoms with van der Waals surface area (Å²) in [5, 5.41) is 6.11. The van der Waals surface area contributed by atoms with E-state index in [1.54, 1.807) is 74.5 Å². The molecule has 0 radical (unpaired) electrons. The van der Waals surface area contributed by atoms with Crippen LogP contribution in [0.15, 0.2) is 78.9 Å². The molecule has 29 heavy (non-hydrogen) atoms. The first-order valence-electron chi connectivity index (χ1n) is 9.06. The van der Waals surface area contributed by atoms with Gasteiger partial charge < -0.3 is 15.4 Å². The van der Waals surface area contributed by atoms with Crippen molar-refractivity contribution in [2.45, 2.75) is 19.4 Å². The van der Waals surface area contributed by atoms with Crippen molar-refractivity contribution in [3.63, 3.8) is 0 Å². The lowest BCUT2D eigenvalue weighted by atomic mass is 10.1. The molecule has 0 aliphatic carbocycles. The van der Waals surface area contributed by atoms with E-state index in [-0.39, 0.29) is 11.8 Å². The zero-order valence-electron chi connectivity index (χ0n) is 16.1. The van der Waals surface area contributed by atoms with Crippen LogP contribution in [0.4, 0.5) is 11.4 Å². The van der Waals surface area contributed by atoms with E-state index >= 15 is 0 Å². The van der Waals surface area contributed by atoms with Crippen LogP contribution in [-0.4, -0.2) is 17.4 Å². The Kier molecular flexibility index (Phi) is 6.20. The van der Waals surface area contributed by atoms with Gasteiger partial charge in [-0.2, -0.15) is 0 Å². The standard InChI is InChI=1S/C23H21ClN2O3/c1-23(2,29-20-12-4-3-5-13-20)22(28)26-19-11-7-10-18(15-19)25-21(27)16-8-6-9-17(24)14-16/h3-15H,1-2H3,(H,25,27)(H,26,28). The molecule has 3 aromatic rings. The van der Waals surface area contributed by atoms with E-state index in [9.17, 15) is 9.59 Å². The molecule has 3 rings (SSSR count). The van der Waals surface area contributed by atoms with Gasteiger partial charge in [-0.3, -0.25) is 9.59 Å². The SMILES string of the molecule is CC(C)(Oc1ccccc1)C(=O)Nc1cccc(NC(=O)c2cccc(Cl)c2)c1. The van der Waals surface area contributed by atoms with E-state index < -0.39 is 5.60 Å². The fourth-order valence-corrected chi connectivity index (χ4v) is 2.81. The summed E-state index contributed by atoms with van der Waals surface area (Å²) in [5.74, 6) is 0.0126. The van der Waals surface area contributed by atoms with Crippen LogP contribution in [0.1, 0.15) is 24.2 Å². The van der Waals surface area contributed by atoms with Crippen molar-refractivity contribution >= 4 is 34.8 Å². The summed E-state index contributed by atoms with van der Waals surface area (Å²) >= 11 is 5.94. The Labute approximate surface area is 174 Å². The van der Waals surface area contributed by atoms with E-state index in [0.29, 0.717) is 27.7 Å². The maximum atomic E-state index is 12.7. The lowest BCUT2D eigenvalue weighted by Gasteiger charge is -2.25. The minimum Gasteiger partial charge on any atom is -0.478 e. The number of amides is 2. The average molecular weight is 409 g/mol. The van der Waals surface area contributed by atoms with E-state index in [0.717, 1.165) is 0 Å². The third-order valence-corrected chi connectivity index (χ3v) is 4.36. The summed E-state index contributed by atoms with van der Waals surface area (Å²) in [7, 11) is 0. The molecular weight excluding hydrogens is 388 g/mol. The Morgan fingerprint density at radius 3 is 2.17 bits per heavy atom. The number of carbonyl (C=O) groups is 2. The highest BCUT2D eigenvalue weighted by Crippen LogP contribution is 2.22. The Balaban J connectivity index is 1.67. The molecule has 0 saturated heterocycles. The van der Waals surface area contributed by atoms with E-state index in [2.05, 4.69) is 10.6 Å². The van der Waals surface area contributed by atoms with Crippen molar-refractivity contribution in [2.24, 2.45) is 0 Å². The van der Waals surface area contributed by atoms with Crippen LogP contribution < -0.4 is 15.4 Å². The first-order valence-corrected chi connectivity index (χ1v) is 9.44. The van der Waals surface area contributed by atoms with Gasteiger partial charge in [0, 0.05) is 22.0 Å². The molecule has 5 nitrogen and oxygen atoms in total. The summed E-state index contributed by atoms with van der Waals surface area (Å²) in [4.78, 5) is 25.1. The van der Waals surface area contributed by atoms with Gasteiger partial charge in [-0.25, -0.2) is 0 Å². The largest absolute Gasteiger partial charge is 0.478 e. The van der Waals surface area contributed by atoms with E-state index in [1.165, 1.54) is 0 Å². The Bertz CT molecular complexity index is 1020. The number of para-hydroxylation sites is 1. The molecule has 3 aromatic carbocycles. The number of carbonyl (C=O) groups excluding carboxylic acids is 2. The Morgan fingerprint density at radius 1 is 0.828 bits per heavy atom. The molecule has 2 amide bonds. The monoisotopic (exact) mass is 408 g/mol. The number of ether oxygens (including phenoxy) is 1. The van der Waals surface area contributed by atoms with Gasteiger partial charge in [0.25, 0.3) is 11.8 Å². The van der Waals surface area contributed by atoms with Crippen LogP contribution in [0, 0.1) is 0 Å². The van der Waals surface area contributed by atoms with Crippen molar-refractivity contribution in [3.8, 4) is 5.75 Å². The van der Waals surface area contributed by atoms with Crippen LogP contribution in [0.5, 0.6) is 5.75 Å². The smallest absolute Gasteiger partial charge is 0.267 e. The number of anilines is 2. The van der Waals surface area contributed by atoms with Crippen LogP contribution in [-0.2, 0) is 4.79 Å². The van der Waals surface area contributed by atoms with Crippen LogP contribution in [0.3, 0.4) is 0 Å². The first kappa shape index (κ1) is 20.4. The van der Waals surface area contributed by atoms with Gasteiger partial charge in [0.2, 0.25) is 0 Å². The number of rotatable bonds is 6. The van der Waals surface area contributed by atoms with Crippen LogP contribution in [0.25, 0.3) is 0 Å². The summed E-state index contributed by atoms with van der Waals surface area (Å²) < 4.78 is 5.81. The lowest BCUT2D eigenvalue weighted by Crippen LogP contribution is -2.42. The van der Waals surface area contributed by atoms with Gasteiger partial charge in [0.1, 0.15) is 5.75 Å². The van der Waals surface area contributed by atoms with Gasteiger partial charge in [-0.15, -0.1) is 0 Å². The molecular formula is C23H21ClN2O3. The number of hydrogen-bond acceptors (Lipinski definition) is 3. The number of hydrogen-bond donors (Lipinski definition) is 2. The fraction of sp³-hybridized carbons (Fsp3) is 0.130. The Hall–Kier alpha value is -3.31. The second-order valence-electron chi connectivity index (χ2n) is 6.92. The predicted octanol–water partition coefficient (Wildman–Crippen LogP) is 5.39. The van der Waals surface area contributed by atoms with Crippen molar-refractivity contribution in [3.05, 3.63) is 89.4 Å². The highest BCUT2D eigenvalue weighted by molar-refractivity contribution is 6.31. The third kappa shape index (κ3) is 5.59. The molecule has 0 saturated carbocycles. The minimum atomic E-state index is -1.08. The van der Waals surface area contributed by atoms with Crippen molar-refractivity contribution < 1.29 is 14.3 Å². The second-order valence-corrected chi connectivity index (χ2v) is 7.36. The summed E-state index contributed by atoms with van der Waals surface area (Å²) in [6.45, 7) is 3.39. The number of halogens is 1. The maximum Gasteiger partial charge on any atom is 0.267 e. The first-order chi connectivity index (χ1) is 13.8. The summed E-state index contributed by atoms with van der Waals surface area (Å²) in [6, 6.07) is 22.7. The van der Waals surface area contributed by atoms with Gasteiger partial charge >= 0.3 is 0 Å². The number of nitrogens with one attached hydrogen (secondary N) is 2. The Morgan fingerprint density at radius 2 is 1.48 bits per heavy atom. The molecule has 0 aliphatic heterocycles. The molecule has 0 fully saturated rings. The van der Waals surface area contributed by atoms with E-state index in [1.807, 2.05) is 18.2 Å². The quantitative estimate of drug-likeness (QED) is 0.574. The topological polar surface area (TPSA) is 67.4 Å². The van der Waals surface area contributed by atoms with Crippen molar-refractivity contribution in [1.82, 2.24) is 0 Å². The molecule has 2 N–H and O–H groups in total. The van der Waals surface area contributed by atoms with Gasteiger partial charge in [0.05, 0.1) is 0 Å². The zero-order valence-corrected chi connectivity index (χ0v) is 16.9. The predicted molar refractivity (Wildman–Crippen MR) is 116 cm³/mol. The van der Waals surface area contributed by atoms with Gasteiger partial charge in [-0.1, -0.05) is 41.9 Å². The molecule has 0 heterocycles. The number of benzene rings is 3. The van der Waals surface area contributed by atoms with Crippen molar-refractivity contribution in [1.29, 1.82) is 0 Å². The molecule has 6 heteroatoms. The zero-order chi connectivity index (χ0) is 20.9. The maximum absolute atomic E-state index is 12.7. The van der Waals surface area contributed by atoms with Crippen LogP contribution in [0.2, 0.25) is 5.02 Å². The highest BCUT2D eigenvalue weighted by atomic mass is 35.5. The molecule has 0 atom stereocenters. The van der Waals surface area contributed by atoms with Gasteiger partial charge in [-0.05, 0) is 62.4 Å². The molecule has 0 aliphatic rings. The third-order valence-electron chi connectivity index (χ3n) is 4.13. The molecule has 0 unspecified atom stereocenters. The van der Waals surface area contributed by atoms with Gasteiger partial charge in [0.15, 0.2) is 5.60 Å². The molecule has 0 spiro atoms. The van der Waals surface area contributed by atoms with Crippen molar-refractivity contribution in [2.75, 3.05) is 10.6 Å². The van der Waals surface area contributed by atoms with E-state index in [4.69, 9.17) is 16.3 Å². The normalized spacial score (nSPS) is 10.9. The summed E-state index contributed by atoms with van der Waals surface area (Å²) in [5.41, 5.74) is 0.462. The highest BCUT2D eigenvalue weighted by Gasteiger charge is 2.30. The lowest BCUT2D eigenvalue weighted by molar-refractivity contribution is -0.128. The molecule has 148 valence electrons. The fourth-order valence-electron chi connectivity index (χ4n) is 2.62. The molecule has 0 aromatic heterocycles. The molecule has 0 bridgehead atoms.